The number of para-hydroxylation sites is 1. The van der Waals surface area contributed by atoms with E-state index in [0.717, 1.165) is 24.3 Å². The summed E-state index contributed by atoms with van der Waals surface area (Å²) in [6, 6.07) is 7.36. The lowest BCUT2D eigenvalue weighted by molar-refractivity contribution is -0.123. The second-order valence-corrected chi connectivity index (χ2v) is 9.58. The molecule has 0 spiro atoms. The number of hydrogen-bond acceptors (Lipinski definition) is 3. The second-order valence-electron chi connectivity index (χ2n) is 9.58. The first-order chi connectivity index (χ1) is 13.6. The van der Waals surface area contributed by atoms with Crippen LogP contribution in [0, 0.1) is 23.2 Å². The molecule has 5 nitrogen and oxygen atoms in total. The van der Waals surface area contributed by atoms with Crippen LogP contribution in [0.2, 0.25) is 0 Å². The van der Waals surface area contributed by atoms with Crippen molar-refractivity contribution in [2.75, 3.05) is 6.54 Å². The molecule has 4 fully saturated rings. The summed E-state index contributed by atoms with van der Waals surface area (Å²) in [5, 5.41) is 3.85. The molecule has 0 atom stereocenters. The molecule has 0 saturated heterocycles. The molecule has 4 bridgehead atoms. The van der Waals surface area contributed by atoms with Crippen molar-refractivity contribution in [1.82, 2.24) is 15.3 Å². The first-order valence-corrected chi connectivity index (χ1v) is 10.8. The van der Waals surface area contributed by atoms with E-state index < -0.39 is 0 Å². The van der Waals surface area contributed by atoms with Gasteiger partial charge < -0.3 is 10.3 Å². The Morgan fingerprint density at radius 3 is 2.50 bits per heavy atom. The third-order valence-corrected chi connectivity index (χ3v) is 7.30. The van der Waals surface area contributed by atoms with Gasteiger partial charge in [-0.1, -0.05) is 12.1 Å². The minimum atomic E-state index is -0.105. The zero-order chi connectivity index (χ0) is 19.1. The third-order valence-electron chi connectivity index (χ3n) is 7.30. The molecule has 28 heavy (non-hydrogen) atoms. The molecule has 2 N–H and O–H groups in total. The SMILES string of the molecule is O=C(CCCc1nc2ccccc2c(=O)[nH]1)NCC12CC3CC(CC(C3)C1)C2. The van der Waals surface area contributed by atoms with Gasteiger partial charge in [0.25, 0.3) is 5.56 Å². The Hall–Kier alpha value is -2.17. The van der Waals surface area contributed by atoms with Gasteiger partial charge in [0.2, 0.25) is 5.91 Å². The molecule has 1 amide bonds. The van der Waals surface area contributed by atoms with Gasteiger partial charge in [-0.3, -0.25) is 9.59 Å². The summed E-state index contributed by atoms with van der Waals surface area (Å²) in [6.07, 6.45) is 10.1. The lowest BCUT2D eigenvalue weighted by Crippen LogP contribution is -2.51. The largest absolute Gasteiger partial charge is 0.356 e. The monoisotopic (exact) mass is 379 g/mol. The Morgan fingerprint density at radius 1 is 1.11 bits per heavy atom. The van der Waals surface area contributed by atoms with Gasteiger partial charge in [0.05, 0.1) is 10.9 Å². The van der Waals surface area contributed by atoms with Crippen LogP contribution in [0.15, 0.2) is 29.1 Å². The highest BCUT2D eigenvalue weighted by Crippen LogP contribution is 2.59. The number of carbonyl (C=O) groups excluding carboxylic acids is 1. The highest BCUT2D eigenvalue weighted by atomic mass is 16.1. The number of aromatic nitrogens is 2. The van der Waals surface area contributed by atoms with Gasteiger partial charge in [-0.2, -0.15) is 0 Å². The van der Waals surface area contributed by atoms with Gasteiger partial charge in [-0.25, -0.2) is 4.98 Å². The number of amides is 1. The Bertz CT molecular complexity index is 913. The number of carbonyl (C=O) groups is 1. The van der Waals surface area contributed by atoms with Crippen molar-refractivity contribution in [2.24, 2.45) is 23.2 Å². The molecular weight excluding hydrogens is 350 g/mol. The van der Waals surface area contributed by atoms with Crippen molar-refractivity contribution >= 4 is 16.8 Å². The highest BCUT2D eigenvalue weighted by molar-refractivity contribution is 5.77. The molecule has 0 aliphatic heterocycles. The molecular formula is C23H29N3O2. The maximum absolute atomic E-state index is 12.4. The molecule has 2 aromatic rings. The molecule has 148 valence electrons. The highest BCUT2D eigenvalue weighted by Gasteiger charge is 2.50. The number of nitrogens with one attached hydrogen (secondary N) is 2. The lowest BCUT2D eigenvalue weighted by atomic mass is 9.49. The number of nitrogens with zero attached hydrogens (tertiary/aromatic N) is 1. The predicted octanol–water partition coefficient (Wildman–Crippen LogP) is 3.58. The minimum absolute atomic E-state index is 0.105. The normalized spacial score (nSPS) is 30.6. The summed E-state index contributed by atoms with van der Waals surface area (Å²) in [5.41, 5.74) is 0.995. The molecule has 1 aromatic carbocycles. The van der Waals surface area contributed by atoms with Crippen LogP contribution in [0.3, 0.4) is 0 Å². The van der Waals surface area contributed by atoms with E-state index >= 15 is 0 Å². The fourth-order valence-corrected chi connectivity index (χ4v) is 6.55. The van der Waals surface area contributed by atoms with Crippen LogP contribution in [0.1, 0.15) is 57.2 Å². The predicted molar refractivity (Wildman–Crippen MR) is 109 cm³/mol. The van der Waals surface area contributed by atoms with E-state index in [1.807, 2.05) is 18.2 Å². The second kappa shape index (κ2) is 7.02. The van der Waals surface area contributed by atoms with Crippen molar-refractivity contribution in [1.29, 1.82) is 0 Å². The summed E-state index contributed by atoms with van der Waals surface area (Å²) in [7, 11) is 0. The smallest absolute Gasteiger partial charge is 0.258 e. The quantitative estimate of drug-likeness (QED) is 0.806. The van der Waals surface area contributed by atoms with E-state index in [2.05, 4.69) is 15.3 Å². The molecule has 5 heteroatoms. The number of fused-ring (bicyclic) bond motifs is 1. The molecule has 6 rings (SSSR count). The lowest BCUT2D eigenvalue weighted by Gasteiger charge is -2.56. The van der Waals surface area contributed by atoms with Gasteiger partial charge in [0.15, 0.2) is 0 Å². The summed E-state index contributed by atoms with van der Waals surface area (Å²) in [5.74, 6) is 3.55. The van der Waals surface area contributed by atoms with E-state index in [4.69, 9.17) is 0 Å². The molecule has 0 unspecified atom stereocenters. The standard InChI is InChI=1S/C23H29N3O2/c27-21(24-14-23-11-15-8-16(12-23)10-17(9-15)13-23)7-3-6-20-25-19-5-2-1-4-18(19)22(28)26-20/h1-2,4-5,15-17H,3,6-14H2,(H,24,27)(H,25,26,28). The first-order valence-electron chi connectivity index (χ1n) is 10.8. The summed E-state index contributed by atoms with van der Waals surface area (Å²) >= 11 is 0. The van der Waals surface area contributed by atoms with E-state index in [-0.39, 0.29) is 11.5 Å². The zero-order valence-corrected chi connectivity index (χ0v) is 16.4. The number of aryl methyl sites for hydroxylation is 1. The Kier molecular flexibility index (Phi) is 4.48. The summed E-state index contributed by atoms with van der Waals surface area (Å²) < 4.78 is 0. The number of aromatic amines is 1. The Morgan fingerprint density at radius 2 is 1.79 bits per heavy atom. The molecule has 1 aromatic heterocycles. The van der Waals surface area contributed by atoms with Crippen molar-refractivity contribution in [3.05, 3.63) is 40.4 Å². The van der Waals surface area contributed by atoms with Crippen molar-refractivity contribution in [3.63, 3.8) is 0 Å². The molecule has 4 saturated carbocycles. The summed E-state index contributed by atoms with van der Waals surface area (Å²) in [6.45, 7) is 0.861. The van der Waals surface area contributed by atoms with E-state index in [0.29, 0.717) is 41.4 Å². The van der Waals surface area contributed by atoms with Crippen LogP contribution >= 0.6 is 0 Å². The van der Waals surface area contributed by atoms with Crippen LogP contribution < -0.4 is 10.9 Å². The molecule has 1 heterocycles. The maximum atomic E-state index is 12.4. The van der Waals surface area contributed by atoms with Gasteiger partial charge in [-0.05, 0) is 80.2 Å². The van der Waals surface area contributed by atoms with Crippen LogP contribution in [0.4, 0.5) is 0 Å². The van der Waals surface area contributed by atoms with Crippen molar-refractivity contribution < 1.29 is 4.79 Å². The summed E-state index contributed by atoms with van der Waals surface area (Å²) in [4.78, 5) is 31.9. The van der Waals surface area contributed by atoms with Crippen molar-refractivity contribution in [2.45, 2.75) is 57.8 Å². The fourth-order valence-electron chi connectivity index (χ4n) is 6.55. The molecule has 4 aliphatic carbocycles. The number of hydrogen-bond donors (Lipinski definition) is 2. The average Bonchev–Trinajstić information content (AvgIpc) is 2.66. The van der Waals surface area contributed by atoms with Crippen LogP contribution in [-0.4, -0.2) is 22.4 Å². The Labute approximate surface area is 165 Å². The first kappa shape index (κ1) is 17.9. The van der Waals surface area contributed by atoms with Gasteiger partial charge in [0, 0.05) is 19.4 Å². The van der Waals surface area contributed by atoms with Crippen LogP contribution in [0.25, 0.3) is 10.9 Å². The van der Waals surface area contributed by atoms with E-state index in [1.54, 1.807) is 6.07 Å². The Balaban J connectivity index is 1.13. The molecule has 0 radical (unpaired) electrons. The van der Waals surface area contributed by atoms with Gasteiger partial charge in [0.1, 0.15) is 5.82 Å². The van der Waals surface area contributed by atoms with Gasteiger partial charge in [-0.15, -0.1) is 0 Å². The number of rotatable bonds is 6. The minimum Gasteiger partial charge on any atom is -0.356 e. The average molecular weight is 380 g/mol. The molecule has 4 aliphatic rings. The third kappa shape index (κ3) is 3.47. The van der Waals surface area contributed by atoms with E-state index in [9.17, 15) is 9.59 Å². The fraction of sp³-hybridized carbons (Fsp3) is 0.609. The maximum Gasteiger partial charge on any atom is 0.258 e. The van der Waals surface area contributed by atoms with Crippen LogP contribution in [-0.2, 0) is 11.2 Å². The number of benzene rings is 1. The van der Waals surface area contributed by atoms with E-state index in [1.165, 1.54) is 38.5 Å². The topological polar surface area (TPSA) is 74.8 Å². The number of H-pyrrole nitrogens is 1. The zero-order valence-electron chi connectivity index (χ0n) is 16.4. The van der Waals surface area contributed by atoms with Crippen molar-refractivity contribution in [3.8, 4) is 0 Å². The van der Waals surface area contributed by atoms with Gasteiger partial charge >= 0.3 is 0 Å². The van der Waals surface area contributed by atoms with Crippen LogP contribution in [0.5, 0.6) is 0 Å².